The summed E-state index contributed by atoms with van der Waals surface area (Å²) in [5.41, 5.74) is 1.18. The Kier molecular flexibility index (Phi) is 3.82. The average molecular weight is 285 g/mol. The second kappa shape index (κ2) is 5.15. The number of hydrogen-bond acceptors (Lipinski definition) is 3. The van der Waals surface area contributed by atoms with E-state index in [0.717, 1.165) is 22.6 Å². The Hall–Kier alpha value is -0.610. The Morgan fingerprint density at radius 1 is 1.62 bits per heavy atom. The van der Waals surface area contributed by atoms with E-state index in [1.54, 1.807) is 0 Å². The summed E-state index contributed by atoms with van der Waals surface area (Å²) in [4.78, 5) is 4.33. The van der Waals surface area contributed by atoms with Gasteiger partial charge in [0.1, 0.15) is 5.82 Å². The van der Waals surface area contributed by atoms with Crippen molar-refractivity contribution in [2.75, 3.05) is 11.9 Å². The molecule has 0 radical (unpaired) electrons. The molecule has 0 amide bonds. The number of aromatic nitrogens is 1. The van der Waals surface area contributed by atoms with E-state index in [1.165, 1.54) is 18.4 Å². The molecule has 2 N–H and O–H groups in total. The van der Waals surface area contributed by atoms with E-state index >= 15 is 0 Å². The fourth-order valence-corrected chi connectivity index (χ4v) is 2.09. The van der Waals surface area contributed by atoms with Crippen LogP contribution < -0.4 is 5.32 Å². The van der Waals surface area contributed by atoms with Crippen LogP contribution in [-0.2, 0) is 0 Å². The minimum atomic E-state index is 0.240. The highest BCUT2D eigenvalue weighted by Gasteiger charge is 2.30. The predicted molar refractivity (Wildman–Crippen MR) is 68.5 cm³/mol. The highest BCUT2D eigenvalue weighted by Crippen LogP contribution is 2.35. The number of aryl methyl sites for hydroxylation is 1. The fourth-order valence-electron chi connectivity index (χ4n) is 1.87. The summed E-state index contributed by atoms with van der Waals surface area (Å²) in [6.45, 7) is 2.29. The molecule has 1 aromatic rings. The van der Waals surface area contributed by atoms with E-state index in [9.17, 15) is 0 Å². The highest BCUT2D eigenvalue weighted by molar-refractivity contribution is 9.10. The van der Waals surface area contributed by atoms with E-state index < -0.39 is 0 Å². The SMILES string of the molecule is Cc1cc(NC(CCO)C2CC2)ncc1Br. The maximum Gasteiger partial charge on any atom is 0.126 e. The van der Waals surface area contributed by atoms with Crippen molar-refractivity contribution in [2.45, 2.75) is 32.2 Å². The van der Waals surface area contributed by atoms with E-state index in [0.29, 0.717) is 6.04 Å². The number of hydrogen-bond donors (Lipinski definition) is 2. The van der Waals surface area contributed by atoms with Gasteiger partial charge in [-0.15, -0.1) is 0 Å². The number of rotatable bonds is 5. The second-order valence-electron chi connectivity index (χ2n) is 4.42. The van der Waals surface area contributed by atoms with Gasteiger partial charge < -0.3 is 10.4 Å². The molecule has 2 rings (SSSR count). The van der Waals surface area contributed by atoms with Gasteiger partial charge in [0.25, 0.3) is 0 Å². The third-order valence-corrected chi connectivity index (χ3v) is 3.84. The number of pyridine rings is 1. The third-order valence-electron chi connectivity index (χ3n) is 3.01. The van der Waals surface area contributed by atoms with Gasteiger partial charge in [0.15, 0.2) is 0 Å². The summed E-state index contributed by atoms with van der Waals surface area (Å²) in [6.07, 6.45) is 5.17. The van der Waals surface area contributed by atoms with Gasteiger partial charge in [0.05, 0.1) is 0 Å². The van der Waals surface area contributed by atoms with Crippen LogP contribution in [0.4, 0.5) is 5.82 Å². The molecule has 4 heteroatoms. The molecule has 1 saturated carbocycles. The van der Waals surface area contributed by atoms with Crippen molar-refractivity contribution < 1.29 is 5.11 Å². The minimum Gasteiger partial charge on any atom is -0.396 e. The lowest BCUT2D eigenvalue weighted by atomic mass is 10.1. The first-order valence-electron chi connectivity index (χ1n) is 5.70. The molecule has 1 aliphatic rings. The first-order chi connectivity index (χ1) is 7.70. The maximum absolute atomic E-state index is 9.02. The number of aliphatic hydroxyl groups excluding tert-OH is 1. The van der Waals surface area contributed by atoms with Gasteiger partial charge in [-0.1, -0.05) is 0 Å². The molecule has 0 aromatic carbocycles. The molecule has 0 aliphatic heterocycles. The van der Waals surface area contributed by atoms with Crippen molar-refractivity contribution in [1.29, 1.82) is 0 Å². The van der Waals surface area contributed by atoms with Gasteiger partial charge in [0.2, 0.25) is 0 Å². The largest absolute Gasteiger partial charge is 0.396 e. The standard InChI is InChI=1S/C12H17BrN2O/c1-8-6-12(14-7-10(8)13)15-11(4-5-16)9-2-3-9/h6-7,9,11,16H,2-5H2,1H3,(H,14,15). The van der Waals surface area contributed by atoms with Crippen LogP contribution >= 0.6 is 15.9 Å². The highest BCUT2D eigenvalue weighted by atomic mass is 79.9. The summed E-state index contributed by atoms with van der Waals surface area (Å²) in [7, 11) is 0. The van der Waals surface area contributed by atoms with Gasteiger partial charge in [-0.3, -0.25) is 0 Å². The van der Waals surface area contributed by atoms with Crippen LogP contribution in [-0.4, -0.2) is 22.7 Å². The Morgan fingerprint density at radius 3 is 2.94 bits per heavy atom. The first-order valence-corrected chi connectivity index (χ1v) is 6.49. The van der Waals surface area contributed by atoms with Crippen LogP contribution in [0.3, 0.4) is 0 Å². The van der Waals surface area contributed by atoms with Crippen LogP contribution in [0.25, 0.3) is 0 Å². The monoisotopic (exact) mass is 284 g/mol. The zero-order chi connectivity index (χ0) is 11.5. The Morgan fingerprint density at radius 2 is 2.38 bits per heavy atom. The Bertz CT molecular complexity index is 366. The van der Waals surface area contributed by atoms with Gasteiger partial charge >= 0.3 is 0 Å². The van der Waals surface area contributed by atoms with E-state index in [4.69, 9.17) is 5.11 Å². The number of nitrogens with one attached hydrogen (secondary N) is 1. The molecule has 0 bridgehead atoms. The van der Waals surface area contributed by atoms with Crippen molar-refractivity contribution in [3.63, 3.8) is 0 Å². The quantitative estimate of drug-likeness (QED) is 0.874. The topological polar surface area (TPSA) is 45.1 Å². The number of halogens is 1. The number of nitrogens with zero attached hydrogens (tertiary/aromatic N) is 1. The zero-order valence-corrected chi connectivity index (χ0v) is 11.0. The summed E-state index contributed by atoms with van der Waals surface area (Å²) in [5.74, 6) is 1.63. The van der Waals surface area contributed by atoms with Gasteiger partial charge in [0, 0.05) is 23.3 Å². The third kappa shape index (κ3) is 2.95. The molecular formula is C12H17BrN2O. The Labute approximate surface area is 104 Å². The summed E-state index contributed by atoms with van der Waals surface area (Å²) >= 11 is 3.44. The van der Waals surface area contributed by atoms with Crippen molar-refractivity contribution in [3.8, 4) is 0 Å². The summed E-state index contributed by atoms with van der Waals surface area (Å²) in [6, 6.07) is 2.41. The van der Waals surface area contributed by atoms with Crippen molar-refractivity contribution >= 4 is 21.7 Å². The lowest BCUT2D eigenvalue weighted by molar-refractivity contribution is 0.274. The van der Waals surface area contributed by atoms with Crippen LogP contribution in [0.5, 0.6) is 0 Å². The van der Waals surface area contributed by atoms with E-state index in [2.05, 4.69) is 33.2 Å². The predicted octanol–water partition coefficient (Wildman–Crippen LogP) is 2.73. The molecular weight excluding hydrogens is 268 g/mol. The van der Waals surface area contributed by atoms with Crippen LogP contribution in [0.15, 0.2) is 16.7 Å². The number of aliphatic hydroxyl groups is 1. The summed E-state index contributed by atoms with van der Waals surface area (Å²) in [5, 5.41) is 12.4. The molecule has 16 heavy (non-hydrogen) atoms. The fraction of sp³-hybridized carbons (Fsp3) is 0.583. The first kappa shape index (κ1) is 11.9. The van der Waals surface area contributed by atoms with Crippen LogP contribution in [0, 0.1) is 12.8 Å². The molecule has 1 aliphatic carbocycles. The number of anilines is 1. The lowest BCUT2D eigenvalue weighted by Gasteiger charge is -2.18. The maximum atomic E-state index is 9.02. The van der Waals surface area contributed by atoms with E-state index in [1.807, 2.05) is 12.3 Å². The molecule has 1 heterocycles. The molecule has 1 aromatic heterocycles. The van der Waals surface area contributed by atoms with Crippen molar-refractivity contribution in [2.24, 2.45) is 5.92 Å². The van der Waals surface area contributed by atoms with Gasteiger partial charge in [-0.05, 0) is 59.7 Å². The molecule has 1 atom stereocenters. The normalized spacial score (nSPS) is 17.2. The van der Waals surface area contributed by atoms with Crippen molar-refractivity contribution in [1.82, 2.24) is 4.98 Å². The minimum absolute atomic E-state index is 0.240. The molecule has 0 spiro atoms. The van der Waals surface area contributed by atoms with Crippen molar-refractivity contribution in [3.05, 3.63) is 22.3 Å². The smallest absolute Gasteiger partial charge is 0.126 e. The second-order valence-corrected chi connectivity index (χ2v) is 5.27. The van der Waals surface area contributed by atoms with Gasteiger partial charge in [-0.2, -0.15) is 0 Å². The molecule has 88 valence electrons. The zero-order valence-electron chi connectivity index (χ0n) is 9.41. The van der Waals surface area contributed by atoms with Crippen LogP contribution in [0.1, 0.15) is 24.8 Å². The summed E-state index contributed by atoms with van der Waals surface area (Å²) < 4.78 is 1.03. The lowest BCUT2D eigenvalue weighted by Crippen LogP contribution is -2.23. The molecule has 1 unspecified atom stereocenters. The average Bonchev–Trinajstić information content (AvgIpc) is 3.06. The van der Waals surface area contributed by atoms with Gasteiger partial charge in [-0.25, -0.2) is 4.98 Å². The molecule has 1 fully saturated rings. The molecule has 3 nitrogen and oxygen atoms in total. The molecule has 0 saturated heterocycles. The Balaban J connectivity index is 2.03. The van der Waals surface area contributed by atoms with E-state index in [-0.39, 0.29) is 6.61 Å². The van der Waals surface area contributed by atoms with Crippen LogP contribution in [0.2, 0.25) is 0 Å².